The lowest BCUT2D eigenvalue weighted by Crippen LogP contribution is -2.67. The molecule has 0 radical (unpaired) electrons. The van der Waals surface area contributed by atoms with Gasteiger partial charge >= 0.3 is 0 Å². The van der Waals surface area contributed by atoms with Crippen molar-refractivity contribution >= 4 is 36.3 Å². The Morgan fingerprint density at radius 2 is 1.47 bits per heavy atom. The van der Waals surface area contributed by atoms with Crippen LogP contribution in [0.2, 0.25) is 19.6 Å². The van der Waals surface area contributed by atoms with Crippen LogP contribution in [0.25, 0.3) is 0 Å². The molecule has 36 heavy (non-hydrogen) atoms. The van der Waals surface area contributed by atoms with E-state index in [0.29, 0.717) is 30.7 Å². The second kappa shape index (κ2) is 10.8. The first kappa shape index (κ1) is 28.8. The molecule has 3 saturated heterocycles. The maximum absolute atomic E-state index is 12.8. The predicted molar refractivity (Wildman–Crippen MR) is 163 cm³/mol. The molecule has 5 nitrogen and oxygen atoms in total. The van der Waals surface area contributed by atoms with E-state index in [-0.39, 0.29) is 15.5 Å². The van der Waals surface area contributed by atoms with Gasteiger partial charge in [0.15, 0.2) is 0 Å². The third-order valence-corrected chi connectivity index (χ3v) is 14.4. The number of piperazine rings is 2. The van der Waals surface area contributed by atoms with Gasteiger partial charge in [0, 0.05) is 77.4 Å². The average Bonchev–Trinajstić information content (AvgIpc) is 2.77. The third kappa shape index (κ3) is 6.01. The molecule has 202 valence electrons. The molecule has 3 heterocycles. The molecule has 0 amide bonds. The third-order valence-electron chi connectivity index (χ3n) is 8.21. The van der Waals surface area contributed by atoms with Crippen LogP contribution in [0.5, 0.6) is 0 Å². The molecule has 3 aliphatic rings. The SMILES string of the molecule is CC1(C)CC(=O)CC(C)(C)P1c1ccc(C[Si](C)(C)C)cc1C(P)(C1CNCCN1)C1CNCCN1. The number of carbonyl (C=O) groups excluding carboxylic acids is 1. The monoisotopic (exact) mass is 548 g/mol. The summed E-state index contributed by atoms with van der Waals surface area (Å²) >= 11 is 0. The largest absolute Gasteiger partial charge is 0.314 e. The zero-order valence-corrected chi connectivity index (χ0v) is 26.7. The van der Waals surface area contributed by atoms with E-state index < -0.39 is 16.0 Å². The Bertz CT molecular complexity index is 911. The highest BCUT2D eigenvalue weighted by Crippen LogP contribution is 2.65. The van der Waals surface area contributed by atoms with Gasteiger partial charge in [-0.05, 0) is 27.2 Å². The Hall–Kier alpha value is -0.193. The van der Waals surface area contributed by atoms with Crippen molar-refractivity contribution in [3.05, 3.63) is 29.3 Å². The van der Waals surface area contributed by atoms with Crippen LogP contribution >= 0.6 is 17.2 Å². The first-order valence-electron chi connectivity index (χ1n) is 13.9. The van der Waals surface area contributed by atoms with Crippen LogP contribution in [0.4, 0.5) is 0 Å². The van der Waals surface area contributed by atoms with Crippen LogP contribution in [-0.4, -0.2) is 75.5 Å². The number of hydrogen-bond donors (Lipinski definition) is 4. The van der Waals surface area contributed by atoms with Crippen LogP contribution in [0.1, 0.15) is 51.7 Å². The van der Waals surface area contributed by atoms with Crippen molar-refractivity contribution in [3.8, 4) is 0 Å². The molecule has 3 unspecified atom stereocenters. The number of ketones is 1. The number of carbonyl (C=O) groups is 1. The molecule has 3 fully saturated rings. The molecular formula is C28H50N4OP2Si. The number of benzene rings is 1. The number of nitrogens with one attached hydrogen (secondary N) is 4. The number of Topliss-reactive ketones (excluding diaryl/α,β-unsaturated/α-hetero) is 1. The lowest BCUT2D eigenvalue weighted by molar-refractivity contribution is -0.120. The first-order valence-corrected chi connectivity index (χ1v) is 19.5. The average molecular weight is 549 g/mol. The smallest absolute Gasteiger partial charge is 0.134 e. The molecule has 3 atom stereocenters. The highest BCUT2D eigenvalue weighted by Gasteiger charge is 2.52. The predicted octanol–water partition coefficient (Wildman–Crippen LogP) is 3.33. The molecule has 1 aromatic rings. The van der Waals surface area contributed by atoms with Crippen LogP contribution in [-0.2, 0) is 16.0 Å². The van der Waals surface area contributed by atoms with E-state index in [2.05, 4.69) is 96.0 Å². The molecule has 8 heteroatoms. The van der Waals surface area contributed by atoms with Gasteiger partial charge in [-0.15, -0.1) is 9.24 Å². The van der Waals surface area contributed by atoms with Gasteiger partial charge in [0.25, 0.3) is 0 Å². The maximum Gasteiger partial charge on any atom is 0.134 e. The Kier molecular flexibility index (Phi) is 8.61. The van der Waals surface area contributed by atoms with Gasteiger partial charge < -0.3 is 21.3 Å². The normalized spacial score (nSPS) is 29.1. The minimum atomic E-state index is -1.28. The van der Waals surface area contributed by atoms with E-state index >= 15 is 0 Å². The summed E-state index contributed by atoms with van der Waals surface area (Å²) in [7, 11) is 1.54. The molecule has 0 spiro atoms. The topological polar surface area (TPSA) is 65.2 Å². The summed E-state index contributed by atoms with van der Waals surface area (Å²) in [6, 6.07) is 9.30. The molecule has 0 bridgehead atoms. The van der Waals surface area contributed by atoms with E-state index in [9.17, 15) is 4.79 Å². The molecule has 0 aliphatic carbocycles. The minimum absolute atomic E-state index is 0.0225. The van der Waals surface area contributed by atoms with Crippen molar-refractivity contribution in [3.63, 3.8) is 0 Å². The zero-order chi connectivity index (χ0) is 26.4. The van der Waals surface area contributed by atoms with Gasteiger partial charge in [0.2, 0.25) is 0 Å². The van der Waals surface area contributed by atoms with Gasteiger partial charge in [0.1, 0.15) is 5.78 Å². The van der Waals surface area contributed by atoms with Crippen LogP contribution in [0.3, 0.4) is 0 Å². The van der Waals surface area contributed by atoms with Gasteiger partial charge in [-0.1, -0.05) is 79.0 Å². The molecule has 0 aromatic heterocycles. The fourth-order valence-corrected chi connectivity index (χ4v) is 13.7. The number of rotatable bonds is 6. The molecule has 4 N–H and O–H groups in total. The maximum atomic E-state index is 12.8. The fraction of sp³-hybridized carbons (Fsp3) is 0.750. The molecule has 4 rings (SSSR count). The summed E-state index contributed by atoms with van der Waals surface area (Å²) in [5, 5.41) is 16.5. The minimum Gasteiger partial charge on any atom is -0.314 e. The summed E-state index contributed by atoms with van der Waals surface area (Å²) < 4.78 is 0. The van der Waals surface area contributed by atoms with Crippen molar-refractivity contribution in [2.75, 3.05) is 39.3 Å². The zero-order valence-electron chi connectivity index (χ0n) is 23.7. The second-order valence-corrected chi connectivity index (χ2v) is 23.8. The first-order chi connectivity index (χ1) is 16.7. The van der Waals surface area contributed by atoms with Gasteiger partial charge in [-0.3, -0.25) is 4.79 Å². The Labute approximate surface area is 224 Å². The Balaban J connectivity index is 1.93. The van der Waals surface area contributed by atoms with Crippen molar-refractivity contribution in [2.24, 2.45) is 0 Å². The second-order valence-electron chi connectivity index (χ2n) is 13.8. The molecular weight excluding hydrogens is 498 g/mol. The van der Waals surface area contributed by atoms with Crippen molar-refractivity contribution in [2.45, 2.75) is 93.8 Å². The van der Waals surface area contributed by atoms with Crippen molar-refractivity contribution in [1.29, 1.82) is 0 Å². The summed E-state index contributed by atoms with van der Waals surface area (Å²) in [6.45, 7) is 22.7. The van der Waals surface area contributed by atoms with Gasteiger partial charge in [-0.25, -0.2) is 0 Å². The lowest BCUT2D eigenvalue weighted by atomic mass is 9.81. The van der Waals surface area contributed by atoms with E-state index in [1.165, 1.54) is 22.5 Å². The fourth-order valence-electron chi connectivity index (χ4n) is 7.10. The van der Waals surface area contributed by atoms with E-state index in [0.717, 1.165) is 39.3 Å². The van der Waals surface area contributed by atoms with Crippen molar-refractivity contribution < 1.29 is 4.79 Å². The lowest BCUT2D eigenvalue weighted by Gasteiger charge is -2.53. The molecule has 3 aliphatic heterocycles. The quantitative estimate of drug-likeness (QED) is 0.325. The summed E-state index contributed by atoms with van der Waals surface area (Å²) in [6.07, 6.45) is 1.38. The Morgan fingerprint density at radius 3 is 1.92 bits per heavy atom. The molecule has 1 aromatic carbocycles. The van der Waals surface area contributed by atoms with Crippen LogP contribution in [0.15, 0.2) is 18.2 Å². The number of hydrogen-bond acceptors (Lipinski definition) is 5. The van der Waals surface area contributed by atoms with E-state index in [4.69, 9.17) is 0 Å². The summed E-state index contributed by atoms with van der Waals surface area (Å²) in [5.74, 6) is 0.425. The van der Waals surface area contributed by atoms with Crippen LogP contribution < -0.4 is 26.6 Å². The summed E-state index contributed by atoms with van der Waals surface area (Å²) in [4.78, 5) is 12.8. The highest BCUT2D eigenvalue weighted by molar-refractivity contribution is 7.69. The van der Waals surface area contributed by atoms with Gasteiger partial charge in [0.05, 0.1) is 0 Å². The van der Waals surface area contributed by atoms with Gasteiger partial charge in [-0.2, -0.15) is 0 Å². The van der Waals surface area contributed by atoms with Crippen LogP contribution in [0, 0.1) is 0 Å². The summed E-state index contributed by atoms with van der Waals surface area (Å²) in [5.41, 5.74) is 2.97. The van der Waals surface area contributed by atoms with E-state index in [1.54, 1.807) is 0 Å². The standard InChI is InChI=1S/C28H50N4OP2Si/c1-26(2)15-21(33)16-27(3,4)35(26)23-9-8-20(19-36(5,6)7)14-22(23)28(34,24-17-29-10-12-31-24)25-18-30-11-13-32-25/h8-9,14,24-25,29-32H,10-13,15-19,34H2,1-7H3. The molecule has 0 saturated carbocycles. The van der Waals surface area contributed by atoms with E-state index in [1.807, 2.05) is 0 Å². The van der Waals surface area contributed by atoms with Crippen molar-refractivity contribution in [1.82, 2.24) is 21.3 Å². The highest BCUT2D eigenvalue weighted by atomic mass is 31.1. The Morgan fingerprint density at radius 1 is 0.944 bits per heavy atom.